The molecular weight excluding hydrogens is 1290 g/mol. The van der Waals surface area contributed by atoms with Gasteiger partial charge in [-0.25, -0.2) is 4.98 Å². The fourth-order valence-electron chi connectivity index (χ4n) is 11.4. The van der Waals surface area contributed by atoms with Crippen LogP contribution in [0.25, 0.3) is 0 Å². The molecule has 0 aliphatic rings. The van der Waals surface area contributed by atoms with E-state index < -0.39 is 0 Å². The third-order valence-electron chi connectivity index (χ3n) is 16.6. The minimum absolute atomic E-state index is 0. The summed E-state index contributed by atoms with van der Waals surface area (Å²) in [6.07, 6.45) is 20.5. The summed E-state index contributed by atoms with van der Waals surface area (Å²) in [4.78, 5) is 41.5. The number of pyridine rings is 4. The van der Waals surface area contributed by atoms with Crippen molar-refractivity contribution in [2.75, 3.05) is 0 Å². The molecule has 0 aromatic carbocycles. The van der Waals surface area contributed by atoms with Gasteiger partial charge in [-0.05, 0) is 195 Å². The zero-order valence-corrected chi connectivity index (χ0v) is 69.0. The van der Waals surface area contributed by atoms with Gasteiger partial charge in [0.05, 0.1) is 23.1 Å². The number of hydrogen-bond donors (Lipinski definition) is 0. The second-order valence-electron chi connectivity index (χ2n) is 31.9. The second-order valence-corrected chi connectivity index (χ2v) is 31.9. The van der Waals surface area contributed by atoms with Crippen LogP contribution in [-0.4, -0.2) is 59.0 Å². The minimum atomic E-state index is 0. The largest absolute Gasteiger partial charge is 0.294 e. The van der Waals surface area contributed by atoms with Crippen LogP contribution in [0.5, 0.6) is 0 Å². The van der Waals surface area contributed by atoms with E-state index in [0.29, 0.717) is 83.0 Å². The minimum Gasteiger partial charge on any atom is -0.294 e. The first-order valence-corrected chi connectivity index (χ1v) is 37.3. The van der Waals surface area contributed by atoms with Gasteiger partial charge in [-0.2, -0.15) is 10.2 Å². The Morgan fingerprint density at radius 3 is 0.914 bits per heavy atom. The Balaban J connectivity index is -0.000000265. The highest BCUT2D eigenvalue weighted by molar-refractivity contribution is 5.31. The van der Waals surface area contributed by atoms with Crippen LogP contribution in [-0.2, 0) is 5.54 Å². The van der Waals surface area contributed by atoms with E-state index in [0.717, 1.165) is 17.2 Å². The van der Waals surface area contributed by atoms with Crippen LogP contribution in [0, 0.1) is 0 Å². The molecule has 0 saturated carbocycles. The molecule has 0 fully saturated rings. The third kappa shape index (κ3) is 36.4. The normalized spacial score (nSPS) is 10.8. The van der Waals surface area contributed by atoms with Gasteiger partial charge in [0, 0.05) is 109 Å². The molecule has 105 heavy (non-hydrogen) atoms. The van der Waals surface area contributed by atoms with Gasteiger partial charge in [0.1, 0.15) is 5.82 Å². The lowest BCUT2D eigenvalue weighted by Crippen LogP contribution is -2.26. The lowest BCUT2D eigenvalue weighted by molar-refractivity contribution is 0.338. The number of aromatic nitrogens is 12. The van der Waals surface area contributed by atoms with Crippen LogP contribution in [0.1, 0.15) is 461 Å². The van der Waals surface area contributed by atoms with Crippen molar-refractivity contribution in [3.05, 3.63) is 206 Å². The number of nitrogens with zero attached hydrogens (tertiary/aromatic N) is 12. The fourth-order valence-corrected chi connectivity index (χ4v) is 11.4. The molecule has 0 unspecified atom stereocenters. The van der Waals surface area contributed by atoms with E-state index >= 15 is 0 Å². The predicted molar refractivity (Wildman–Crippen MR) is 465 cm³/mol. The molecule has 598 valence electrons. The van der Waals surface area contributed by atoms with Crippen molar-refractivity contribution in [2.24, 2.45) is 0 Å². The maximum atomic E-state index is 11.5. The summed E-state index contributed by atoms with van der Waals surface area (Å²) in [6, 6.07) is 16.9. The summed E-state index contributed by atoms with van der Waals surface area (Å²) in [7, 11) is 0. The maximum absolute atomic E-state index is 11.5. The van der Waals surface area contributed by atoms with Crippen LogP contribution >= 0.6 is 0 Å². The first-order chi connectivity index (χ1) is 46.0. The number of hydrogen-bond acceptors (Lipinski definition) is 10. The Labute approximate surface area is 648 Å². The average molecular weight is 1450 g/mol. The van der Waals surface area contributed by atoms with Gasteiger partial charge < -0.3 is 0 Å². The Bertz CT molecular complexity index is 3060. The van der Waals surface area contributed by atoms with Gasteiger partial charge in [-0.3, -0.25) is 48.6 Å². The highest BCUT2D eigenvalue weighted by Gasteiger charge is 2.24. The second kappa shape index (κ2) is 53.7. The molecule has 0 N–H and O–H groups in total. The quantitative estimate of drug-likeness (QED) is 0.0915. The lowest BCUT2D eigenvalue weighted by Gasteiger charge is -2.25. The Hall–Kier alpha value is -7.02. The van der Waals surface area contributed by atoms with E-state index in [9.17, 15) is 4.79 Å². The molecule has 13 heteroatoms. The first kappa shape index (κ1) is 109. The molecule has 0 atom stereocenters. The highest BCUT2D eigenvalue weighted by atomic mass is 16.1. The van der Waals surface area contributed by atoms with Crippen LogP contribution in [0.2, 0.25) is 0 Å². The van der Waals surface area contributed by atoms with Crippen molar-refractivity contribution in [2.45, 2.75) is 387 Å². The topological polar surface area (TPSA) is 148 Å². The molecule has 8 heterocycles. The van der Waals surface area contributed by atoms with Crippen LogP contribution in [0.4, 0.5) is 0 Å². The van der Waals surface area contributed by atoms with Gasteiger partial charge >= 0.3 is 0 Å². The SMILES string of the molecule is C.C.C.C.C.C.CC(C)c1cccnc1C(C)C.CC(C)c1cccnc1C(C)C.CC(C)c1ccncc1C(C)C.CC(C)c1ccncc1C(C)C.CC(C)c1ccnn1C(C)C.CC(C)c1cnn(C(C)(C)C)c1C(C)C.CC(C)c1nccc(=O)n1C(C)C.CC(C)c1nccnc1C(C)C. The van der Waals surface area contributed by atoms with E-state index in [1.807, 2.05) is 89.4 Å². The van der Waals surface area contributed by atoms with Crippen LogP contribution in [0.15, 0.2) is 121 Å². The van der Waals surface area contributed by atoms with Crippen molar-refractivity contribution in [1.82, 2.24) is 59.0 Å². The standard InChI is InChI=1S/C13H24N2.4C11H17N.C10H16N2O.C10H16N2.C9H16N2.6CH4/c1-9(2)11-8-14-15(13(5,6)7)12(11)10(3)4;2*1-8(2)10-5-6-12-7-11(10)9(3)4;2*1-8(2)10-6-5-7-12-11(10)9(3)4;1-7(2)10-11-6-5-9(13)12(10)8(3)4;1-7(2)9-10(8(3)4)12-6-5-11-9;1-7(2)9-5-6-10-11(9)8(3)4;;;;;;/h8-10H,1-7H3;4*5-9H,1-4H3;5-8H,1-4H3;5-8H,1-4H3;5-8H,1-4H3;6*1H4. The van der Waals surface area contributed by atoms with E-state index in [-0.39, 0.29) is 67.6 Å². The molecule has 0 radical (unpaired) electrons. The van der Waals surface area contributed by atoms with Gasteiger partial charge in [0.2, 0.25) is 0 Å². The molecule has 0 bridgehead atoms. The molecule has 0 aliphatic carbocycles. The summed E-state index contributed by atoms with van der Waals surface area (Å²) in [5.74, 6) is 8.33. The molecule has 13 nitrogen and oxygen atoms in total. The highest BCUT2D eigenvalue weighted by Crippen LogP contribution is 2.31. The van der Waals surface area contributed by atoms with E-state index in [1.165, 1.54) is 67.8 Å². The molecule has 0 spiro atoms. The zero-order chi connectivity index (χ0) is 75.9. The summed E-state index contributed by atoms with van der Waals surface area (Å²) in [5.41, 5.74) is 17.3. The number of rotatable bonds is 16. The van der Waals surface area contributed by atoms with Crippen molar-refractivity contribution in [1.29, 1.82) is 0 Å². The Kier molecular flexibility index (Phi) is 55.7. The third-order valence-corrected chi connectivity index (χ3v) is 16.6. The lowest BCUT2D eigenvalue weighted by atomic mass is 9.93. The molecule has 8 aromatic heterocycles. The fraction of sp³-hybridized carbons (Fsp3) is 0.630. The molecular formula is C92H164N12O. The van der Waals surface area contributed by atoms with Crippen molar-refractivity contribution < 1.29 is 0 Å². The summed E-state index contributed by atoms with van der Waals surface area (Å²) < 4.78 is 5.99. The first-order valence-electron chi connectivity index (χ1n) is 37.3. The monoisotopic (exact) mass is 1450 g/mol. The molecule has 8 rings (SSSR count). The summed E-state index contributed by atoms with van der Waals surface area (Å²) in [5, 5.41) is 8.80. The smallest absolute Gasteiger partial charge is 0.253 e. The molecule has 8 aromatic rings. The Morgan fingerprint density at radius 1 is 0.295 bits per heavy atom. The van der Waals surface area contributed by atoms with Crippen molar-refractivity contribution >= 4 is 0 Å². The van der Waals surface area contributed by atoms with Crippen molar-refractivity contribution in [3.63, 3.8) is 0 Å². The molecule has 0 amide bonds. The summed E-state index contributed by atoms with van der Waals surface area (Å²) in [6.45, 7) is 76.3. The van der Waals surface area contributed by atoms with Gasteiger partial charge in [0.25, 0.3) is 5.56 Å². The molecule has 0 aliphatic heterocycles. The predicted octanol–water partition coefficient (Wildman–Crippen LogP) is 28.3. The van der Waals surface area contributed by atoms with Crippen LogP contribution in [0.3, 0.4) is 0 Å². The Morgan fingerprint density at radius 2 is 0.657 bits per heavy atom. The maximum Gasteiger partial charge on any atom is 0.253 e. The van der Waals surface area contributed by atoms with Gasteiger partial charge in [-0.1, -0.05) is 251 Å². The molecule has 0 saturated heterocycles. The van der Waals surface area contributed by atoms with Crippen LogP contribution < -0.4 is 5.56 Å². The van der Waals surface area contributed by atoms with Gasteiger partial charge in [0.15, 0.2) is 0 Å². The van der Waals surface area contributed by atoms with Crippen molar-refractivity contribution in [3.8, 4) is 0 Å². The van der Waals surface area contributed by atoms with Gasteiger partial charge in [-0.15, -0.1) is 0 Å². The van der Waals surface area contributed by atoms with E-state index in [2.05, 4.69) is 299 Å². The zero-order valence-electron chi connectivity index (χ0n) is 69.0. The van der Waals surface area contributed by atoms with E-state index in [4.69, 9.17) is 0 Å². The average Bonchev–Trinajstić information content (AvgIpc) is 1.67. The van der Waals surface area contributed by atoms with E-state index in [1.54, 1.807) is 23.2 Å². The summed E-state index contributed by atoms with van der Waals surface area (Å²) >= 11 is 0.